The predicted molar refractivity (Wildman–Crippen MR) is 111 cm³/mol. The number of aromatic nitrogens is 4. The lowest BCUT2D eigenvalue weighted by Crippen LogP contribution is -2.24. The molecule has 3 heterocycles. The van der Waals surface area contributed by atoms with Crippen molar-refractivity contribution in [3.8, 4) is 0 Å². The molecular formula is C21H21N5O4. The number of benzene rings is 2. The molecule has 9 nitrogen and oxygen atoms in total. The number of rotatable bonds is 5. The van der Waals surface area contributed by atoms with E-state index in [4.69, 9.17) is 4.74 Å². The van der Waals surface area contributed by atoms with Gasteiger partial charge in [0.1, 0.15) is 12.3 Å². The van der Waals surface area contributed by atoms with Crippen molar-refractivity contribution in [1.29, 1.82) is 0 Å². The molecule has 5 rings (SSSR count). The van der Waals surface area contributed by atoms with Gasteiger partial charge in [-0.25, -0.2) is 4.98 Å². The minimum Gasteiger partial charge on any atom is -0.394 e. The van der Waals surface area contributed by atoms with Gasteiger partial charge in [-0.1, -0.05) is 42.5 Å². The first-order chi connectivity index (χ1) is 14.6. The molecule has 2 aromatic heterocycles. The Morgan fingerprint density at radius 3 is 2.90 bits per heavy atom. The van der Waals surface area contributed by atoms with E-state index in [0.717, 1.165) is 16.3 Å². The molecule has 1 saturated heterocycles. The normalized spacial score (nSPS) is 21.5. The highest BCUT2D eigenvalue weighted by Crippen LogP contribution is 2.30. The number of aliphatic hydroxyl groups excluding tert-OH is 2. The van der Waals surface area contributed by atoms with Gasteiger partial charge in [-0.3, -0.25) is 14.3 Å². The zero-order chi connectivity index (χ0) is 20.7. The third-order valence-corrected chi connectivity index (χ3v) is 5.45. The van der Waals surface area contributed by atoms with E-state index in [1.807, 2.05) is 24.3 Å². The van der Waals surface area contributed by atoms with Crippen LogP contribution in [-0.4, -0.2) is 48.5 Å². The maximum absolute atomic E-state index is 12.5. The Labute approximate surface area is 171 Å². The van der Waals surface area contributed by atoms with Gasteiger partial charge in [-0.15, -0.1) is 0 Å². The van der Waals surface area contributed by atoms with Crippen LogP contribution in [0.25, 0.3) is 21.9 Å². The molecule has 4 aromatic rings. The summed E-state index contributed by atoms with van der Waals surface area (Å²) in [7, 11) is 0. The molecule has 0 saturated carbocycles. The number of H-pyrrole nitrogens is 1. The smallest absolute Gasteiger partial charge is 0.280 e. The summed E-state index contributed by atoms with van der Waals surface area (Å²) in [5, 5.41) is 24.8. The van der Waals surface area contributed by atoms with Crippen LogP contribution in [0.5, 0.6) is 0 Å². The van der Waals surface area contributed by atoms with Gasteiger partial charge in [0.15, 0.2) is 11.2 Å². The van der Waals surface area contributed by atoms with Crippen molar-refractivity contribution in [3.05, 3.63) is 64.7 Å². The third-order valence-electron chi connectivity index (χ3n) is 5.45. The predicted octanol–water partition coefficient (Wildman–Crippen LogP) is 1.53. The van der Waals surface area contributed by atoms with E-state index in [1.165, 1.54) is 6.33 Å². The van der Waals surface area contributed by atoms with Gasteiger partial charge in [0, 0.05) is 13.0 Å². The zero-order valence-electron chi connectivity index (χ0n) is 16.0. The Bertz CT molecular complexity index is 1260. The number of imidazole rings is 1. The Hall–Kier alpha value is -3.27. The van der Waals surface area contributed by atoms with Crippen LogP contribution >= 0.6 is 0 Å². The Kier molecular flexibility index (Phi) is 4.70. The minimum atomic E-state index is -0.789. The monoisotopic (exact) mass is 407 g/mol. The van der Waals surface area contributed by atoms with Crippen molar-refractivity contribution in [2.75, 3.05) is 11.9 Å². The van der Waals surface area contributed by atoms with E-state index < -0.39 is 18.4 Å². The van der Waals surface area contributed by atoms with Gasteiger partial charge in [0.05, 0.1) is 19.0 Å². The molecule has 9 heteroatoms. The van der Waals surface area contributed by atoms with Gasteiger partial charge in [0.2, 0.25) is 5.95 Å². The maximum Gasteiger partial charge on any atom is 0.280 e. The number of aliphatic hydroxyl groups is 2. The number of ether oxygens (including phenoxy) is 1. The van der Waals surface area contributed by atoms with Crippen molar-refractivity contribution in [2.24, 2.45) is 0 Å². The van der Waals surface area contributed by atoms with Crippen LogP contribution in [0.3, 0.4) is 0 Å². The quantitative estimate of drug-likeness (QED) is 0.395. The number of nitrogens with zero attached hydrogens (tertiary/aromatic N) is 3. The second-order valence-electron chi connectivity index (χ2n) is 7.35. The molecule has 0 aliphatic carbocycles. The summed E-state index contributed by atoms with van der Waals surface area (Å²) in [6.07, 6.45) is -0.258. The SMILES string of the molecule is O=c1[nH]c(NCc2cccc3ccccc23)nc2c1ncn2[C@H]1C[C@H](O)[C@@H](CO)O1. The van der Waals surface area contributed by atoms with E-state index in [-0.39, 0.29) is 24.1 Å². The molecule has 0 bridgehead atoms. The topological polar surface area (TPSA) is 125 Å². The highest BCUT2D eigenvalue weighted by molar-refractivity contribution is 5.85. The van der Waals surface area contributed by atoms with Crippen LogP contribution in [0.1, 0.15) is 18.2 Å². The summed E-state index contributed by atoms with van der Waals surface area (Å²) in [6, 6.07) is 14.2. The van der Waals surface area contributed by atoms with E-state index >= 15 is 0 Å². The Morgan fingerprint density at radius 1 is 1.23 bits per heavy atom. The van der Waals surface area contributed by atoms with Crippen LogP contribution < -0.4 is 10.9 Å². The Morgan fingerprint density at radius 2 is 2.07 bits per heavy atom. The molecule has 0 unspecified atom stereocenters. The first kappa shape index (κ1) is 18.7. The number of fused-ring (bicyclic) bond motifs is 2. The highest BCUT2D eigenvalue weighted by atomic mass is 16.5. The van der Waals surface area contributed by atoms with Gasteiger partial charge in [-0.2, -0.15) is 4.98 Å². The van der Waals surface area contributed by atoms with E-state index in [2.05, 4.69) is 38.5 Å². The average Bonchev–Trinajstić information content (AvgIpc) is 3.35. The standard InChI is InChI=1S/C21H21N5O4/c27-10-16-15(28)8-17(30-16)26-11-23-18-19(26)24-21(25-20(18)29)22-9-13-6-3-5-12-4-1-2-7-14(12)13/h1-7,11,15-17,27-28H,8-10H2,(H2,22,24,25,29)/t15-,16+,17+/m0/s1. The fourth-order valence-electron chi connectivity index (χ4n) is 3.90. The summed E-state index contributed by atoms with van der Waals surface area (Å²) < 4.78 is 7.30. The number of anilines is 1. The van der Waals surface area contributed by atoms with Crippen molar-refractivity contribution < 1.29 is 14.9 Å². The summed E-state index contributed by atoms with van der Waals surface area (Å²) >= 11 is 0. The van der Waals surface area contributed by atoms with Crippen molar-refractivity contribution in [3.63, 3.8) is 0 Å². The van der Waals surface area contributed by atoms with Crippen molar-refractivity contribution in [2.45, 2.75) is 31.4 Å². The fraction of sp³-hybridized carbons (Fsp3) is 0.286. The number of hydrogen-bond donors (Lipinski definition) is 4. The van der Waals surface area contributed by atoms with Gasteiger partial charge >= 0.3 is 0 Å². The molecule has 0 spiro atoms. The van der Waals surface area contributed by atoms with E-state index in [1.54, 1.807) is 4.57 Å². The first-order valence-corrected chi connectivity index (χ1v) is 9.76. The second-order valence-corrected chi connectivity index (χ2v) is 7.35. The van der Waals surface area contributed by atoms with Crippen LogP contribution in [0.4, 0.5) is 5.95 Å². The number of hydrogen-bond acceptors (Lipinski definition) is 7. The number of nitrogens with one attached hydrogen (secondary N) is 2. The molecule has 1 fully saturated rings. The Balaban J connectivity index is 1.45. The van der Waals surface area contributed by atoms with Crippen LogP contribution in [0, 0.1) is 0 Å². The van der Waals surface area contributed by atoms with E-state index in [0.29, 0.717) is 18.1 Å². The lowest BCUT2D eigenvalue weighted by Gasteiger charge is -2.14. The summed E-state index contributed by atoms with van der Waals surface area (Å²) in [5.41, 5.74) is 1.26. The largest absolute Gasteiger partial charge is 0.394 e. The molecule has 4 N–H and O–H groups in total. The van der Waals surface area contributed by atoms with Crippen LogP contribution in [-0.2, 0) is 11.3 Å². The minimum absolute atomic E-state index is 0.191. The highest BCUT2D eigenvalue weighted by Gasteiger charge is 2.35. The fourth-order valence-corrected chi connectivity index (χ4v) is 3.90. The summed E-state index contributed by atoms with van der Waals surface area (Å²) in [6.45, 7) is 0.200. The molecular weight excluding hydrogens is 386 g/mol. The van der Waals surface area contributed by atoms with Crippen molar-refractivity contribution >= 4 is 27.9 Å². The summed E-state index contributed by atoms with van der Waals surface area (Å²) in [4.78, 5) is 23.9. The molecule has 1 aliphatic heterocycles. The zero-order valence-corrected chi connectivity index (χ0v) is 16.0. The second kappa shape index (κ2) is 7.52. The van der Waals surface area contributed by atoms with Crippen LogP contribution in [0.2, 0.25) is 0 Å². The molecule has 1 aliphatic rings. The molecule has 30 heavy (non-hydrogen) atoms. The molecule has 154 valence electrons. The molecule has 0 amide bonds. The maximum atomic E-state index is 12.5. The van der Waals surface area contributed by atoms with Gasteiger partial charge in [0.25, 0.3) is 5.56 Å². The first-order valence-electron chi connectivity index (χ1n) is 9.76. The molecule has 0 radical (unpaired) electrons. The third kappa shape index (κ3) is 3.22. The lowest BCUT2D eigenvalue weighted by atomic mass is 10.0. The lowest BCUT2D eigenvalue weighted by molar-refractivity contribution is -0.0432. The molecule has 2 aromatic carbocycles. The van der Waals surface area contributed by atoms with E-state index in [9.17, 15) is 15.0 Å². The number of aromatic amines is 1. The van der Waals surface area contributed by atoms with Crippen molar-refractivity contribution in [1.82, 2.24) is 19.5 Å². The summed E-state index contributed by atoms with van der Waals surface area (Å²) in [5.74, 6) is 0.319. The van der Waals surface area contributed by atoms with Gasteiger partial charge in [-0.05, 0) is 16.3 Å². The van der Waals surface area contributed by atoms with Crippen LogP contribution in [0.15, 0.2) is 53.6 Å². The van der Waals surface area contributed by atoms with Gasteiger partial charge < -0.3 is 20.3 Å². The average molecular weight is 407 g/mol. The molecule has 3 atom stereocenters.